The molecule has 1 heterocycles. The van der Waals surface area contributed by atoms with E-state index in [1.54, 1.807) is 0 Å². The van der Waals surface area contributed by atoms with Crippen LogP contribution in [-0.2, 0) is 6.54 Å². The van der Waals surface area contributed by atoms with Crippen molar-refractivity contribution in [1.82, 2.24) is 15.5 Å². The Kier molecular flexibility index (Phi) is 10.6. The monoisotopic (exact) mass is 528 g/mol. The summed E-state index contributed by atoms with van der Waals surface area (Å²) in [6.07, 6.45) is 3.56. The van der Waals surface area contributed by atoms with E-state index in [1.807, 2.05) is 25.2 Å². The van der Waals surface area contributed by atoms with E-state index in [-0.39, 0.29) is 24.0 Å². The highest BCUT2D eigenvalue weighted by Gasteiger charge is 2.19. The average Bonchev–Trinajstić information content (AvgIpc) is 2.54. The van der Waals surface area contributed by atoms with Crippen LogP contribution in [-0.4, -0.2) is 43.6 Å². The van der Waals surface area contributed by atoms with Crippen LogP contribution in [0.25, 0.3) is 0 Å². The quantitative estimate of drug-likeness (QED) is 0.340. The Labute approximate surface area is 176 Å². The van der Waals surface area contributed by atoms with Gasteiger partial charge < -0.3 is 15.5 Å². The molecule has 0 atom stereocenters. The van der Waals surface area contributed by atoms with E-state index >= 15 is 0 Å². The highest BCUT2D eigenvalue weighted by atomic mass is 127. The first-order chi connectivity index (χ1) is 11.1. The van der Waals surface area contributed by atoms with E-state index in [4.69, 9.17) is 11.6 Å². The van der Waals surface area contributed by atoms with Crippen LogP contribution in [0.15, 0.2) is 27.7 Å². The Morgan fingerprint density at radius 3 is 2.67 bits per heavy atom. The number of nitrogens with zero attached hydrogens (tertiary/aromatic N) is 2. The summed E-state index contributed by atoms with van der Waals surface area (Å²) in [7, 11) is 1.81. The van der Waals surface area contributed by atoms with E-state index in [9.17, 15) is 0 Å². The van der Waals surface area contributed by atoms with Crippen molar-refractivity contribution in [1.29, 1.82) is 0 Å². The van der Waals surface area contributed by atoms with Gasteiger partial charge in [0.05, 0.1) is 0 Å². The number of piperidine rings is 1. The number of nitrogens with one attached hydrogen (secondary N) is 2. The molecule has 2 N–H and O–H groups in total. The number of hydrogen-bond acceptors (Lipinski definition) is 2. The molecule has 1 aromatic carbocycles. The summed E-state index contributed by atoms with van der Waals surface area (Å²) in [5, 5.41) is 7.64. The average molecular weight is 530 g/mol. The SMILES string of the molecule is CCCN1CCC(NC(=NC)NCc2ccc(Br)cc2Cl)CC1.I. The molecule has 0 aliphatic carbocycles. The second-order valence-electron chi connectivity index (χ2n) is 5.92. The lowest BCUT2D eigenvalue weighted by Gasteiger charge is -2.32. The molecule has 1 aliphatic rings. The third-order valence-corrected chi connectivity index (χ3v) is 5.00. The van der Waals surface area contributed by atoms with Gasteiger partial charge in [0, 0.05) is 42.2 Å². The van der Waals surface area contributed by atoms with Crippen LogP contribution >= 0.6 is 51.5 Å². The van der Waals surface area contributed by atoms with Crippen molar-refractivity contribution >= 4 is 57.5 Å². The third kappa shape index (κ3) is 7.06. The first-order valence-corrected chi connectivity index (χ1v) is 9.43. The van der Waals surface area contributed by atoms with E-state index in [0.29, 0.717) is 12.6 Å². The van der Waals surface area contributed by atoms with Crippen LogP contribution in [0.2, 0.25) is 5.02 Å². The van der Waals surface area contributed by atoms with Crippen molar-refractivity contribution in [3.05, 3.63) is 33.3 Å². The molecule has 136 valence electrons. The molecule has 1 aliphatic heterocycles. The fourth-order valence-corrected chi connectivity index (χ4v) is 3.59. The Morgan fingerprint density at radius 2 is 2.08 bits per heavy atom. The molecular formula is C17H27BrClIN4. The highest BCUT2D eigenvalue weighted by Crippen LogP contribution is 2.21. The van der Waals surface area contributed by atoms with Crippen molar-refractivity contribution in [2.75, 3.05) is 26.7 Å². The summed E-state index contributed by atoms with van der Waals surface area (Å²) in [5.41, 5.74) is 1.07. The van der Waals surface area contributed by atoms with Crippen LogP contribution < -0.4 is 10.6 Å². The van der Waals surface area contributed by atoms with Crippen LogP contribution in [0.5, 0.6) is 0 Å². The van der Waals surface area contributed by atoms with Gasteiger partial charge in [-0.05, 0) is 43.5 Å². The Bertz CT molecular complexity index is 533. The second kappa shape index (κ2) is 11.5. The lowest BCUT2D eigenvalue weighted by molar-refractivity contribution is 0.206. The summed E-state index contributed by atoms with van der Waals surface area (Å²) in [5.74, 6) is 0.845. The molecule has 0 unspecified atom stereocenters. The minimum Gasteiger partial charge on any atom is -0.354 e. The molecule has 7 heteroatoms. The van der Waals surface area contributed by atoms with E-state index in [2.05, 4.69) is 43.4 Å². The number of benzene rings is 1. The van der Waals surface area contributed by atoms with Crippen molar-refractivity contribution < 1.29 is 0 Å². The van der Waals surface area contributed by atoms with Gasteiger partial charge in [-0.1, -0.05) is 40.5 Å². The molecule has 1 fully saturated rings. The smallest absolute Gasteiger partial charge is 0.191 e. The maximum Gasteiger partial charge on any atom is 0.191 e. The zero-order valence-electron chi connectivity index (χ0n) is 14.3. The summed E-state index contributed by atoms with van der Waals surface area (Å²) >= 11 is 9.68. The standard InChI is InChI=1S/C17H26BrClN4.HI/c1-3-8-23-9-6-15(7-10-23)22-17(20-2)21-12-13-4-5-14(18)11-16(13)19;/h4-5,11,15H,3,6-10,12H2,1-2H3,(H2,20,21,22);1H. The van der Waals surface area contributed by atoms with E-state index < -0.39 is 0 Å². The topological polar surface area (TPSA) is 39.7 Å². The lowest BCUT2D eigenvalue weighted by Crippen LogP contribution is -2.48. The Balaban J connectivity index is 0.00000288. The molecule has 0 radical (unpaired) electrons. The second-order valence-corrected chi connectivity index (χ2v) is 7.24. The van der Waals surface area contributed by atoms with E-state index in [0.717, 1.165) is 21.0 Å². The number of rotatable bonds is 5. The molecule has 0 amide bonds. The molecule has 2 rings (SSSR count). The largest absolute Gasteiger partial charge is 0.354 e. The number of likely N-dealkylation sites (tertiary alicyclic amines) is 1. The Morgan fingerprint density at radius 1 is 1.38 bits per heavy atom. The van der Waals surface area contributed by atoms with Gasteiger partial charge in [0.15, 0.2) is 5.96 Å². The summed E-state index contributed by atoms with van der Waals surface area (Å²) in [6.45, 7) is 6.45. The van der Waals surface area contributed by atoms with Crippen molar-refractivity contribution in [2.24, 2.45) is 4.99 Å². The van der Waals surface area contributed by atoms with Gasteiger partial charge in [-0.25, -0.2) is 0 Å². The van der Waals surface area contributed by atoms with Crippen molar-refractivity contribution in [2.45, 2.75) is 38.8 Å². The minimum absolute atomic E-state index is 0. The highest BCUT2D eigenvalue weighted by molar-refractivity contribution is 14.0. The fraction of sp³-hybridized carbons (Fsp3) is 0.588. The van der Waals surface area contributed by atoms with Crippen LogP contribution in [0.3, 0.4) is 0 Å². The van der Waals surface area contributed by atoms with Crippen molar-refractivity contribution in [3.63, 3.8) is 0 Å². The predicted molar refractivity (Wildman–Crippen MR) is 118 cm³/mol. The van der Waals surface area contributed by atoms with Gasteiger partial charge in [0.2, 0.25) is 0 Å². The van der Waals surface area contributed by atoms with E-state index in [1.165, 1.54) is 38.9 Å². The number of guanidine groups is 1. The molecule has 0 saturated carbocycles. The predicted octanol–water partition coefficient (Wildman–Crippen LogP) is 4.26. The van der Waals surface area contributed by atoms with Crippen LogP contribution in [0, 0.1) is 0 Å². The van der Waals surface area contributed by atoms with Gasteiger partial charge in [-0.3, -0.25) is 4.99 Å². The van der Waals surface area contributed by atoms with Gasteiger partial charge in [0.1, 0.15) is 0 Å². The molecule has 1 aromatic rings. The maximum atomic E-state index is 6.26. The Hall–Kier alpha value is -0.0500. The van der Waals surface area contributed by atoms with Crippen LogP contribution in [0.1, 0.15) is 31.7 Å². The number of halogens is 3. The van der Waals surface area contributed by atoms with Gasteiger partial charge in [-0.2, -0.15) is 0 Å². The first-order valence-electron chi connectivity index (χ1n) is 8.25. The summed E-state index contributed by atoms with van der Waals surface area (Å²) in [6, 6.07) is 6.44. The molecule has 0 spiro atoms. The summed E-state index contributed by atoms with van der Waals surface area (Å²) in [4.78, 5) is 6.87. The van der Waals surface area contributed by atoms with Crippen LogP contribution in [0.4, 0.5) is 0 Å². The molecule has 0 bridgehead atoms. The van der Waals surface area contributed by atoms with Gasteiger partial charge in [0.25, 0.3) is 0 Å². The maximum absolute atomic E-state index is 6.26. The lowest BCUT2D eigenvalue weighted by atomic mass is 10.1. The number of hydrogen-bond donors (Lipinski definition) is 2. The molecule has 1 saturated heterocycles. The normalized spacial score (nSPS) is 16.6. The zero-order valence-corrected chi connectivity index (χ0v) is 19.0. The summed E-state index contributed by atoms with van der Waals surface area (Å²) < 4.78 is 0.993. The molecule has 0 aromatic heterocycles. The van der Waals surface area contributed by atoms with Crippen molar-refractivity contribution in [3.8, 4) is 0 Å². The molecule has 24 heavy (non-hydrogen) atoms. The number of aliphatic imine (C=N–C) groups is 1. The first kappa shape index (κ1) is 22.0. The fourth-order valence-electron chi connectivity index (χ4n) is 2.85. The van der Waals surface area contributed by atoms with Gasteiger partial charge >= 0.3 is 0 Å². The van der Waals surface area contributed by atoms with Gasteiger partial charge in [-0.15, -0.1) is 24.0 Å². The molecular weight excluding hydrogens is 502 g/mol. The zero-order chi connectivity index (χ0) is 16.7. The molecule has 4 nitrogen and oxygen atoms in total. The third-order valence-electron chi connectivity index (χ3n) is 4.15. The minimum atomic E-state index is 0.